The van der Waals surface area contributed by atoms with Crippen molar-refractivity contribution in [2.75, 3.05) is 5.73 Å². The number of anilines is 1. The van der Waals surface area contributed by atoms with E-state index >= 15 is 0 Å². The largest absolute Gasteiger partial charge is 0.382 e. The number of halogens is 1. The Morgan fingerprint density at radius 3 is 2.57 bits per heavy atom. The second-order valence-corrected chi connectivity index (χ2v) is 6.93. The number of rotatable bonds is 4. The smallest absolute Gasteiger partial charge is 0.153 e. The maximum atomic E-state index is 6.07. The standard InChI is InChI=1S/C17H22BrN3/c18-14-9-7-13(8-10-14)16-15(20-21-17(16)19)11-6-12-4-2-1-3-5-12/h7-10,12H,1-6,11H2,(H3,19,20,21). The van der Waals surface area contributed by atoms with Crippen molar-refractivity contribution in [2.24, 2.45) is 5.92 Å². The molecule has 1 fully saturated rings. The zero-order valence-corrected chi connectivity index (χ0v) is 13.8. The molecule has 3 nitrogen and oxygen atoms in total. The number of aromatic amines is 1. The molecule has 0 aliphatic heterocycles. The van der Waals surface area contributed by atoms with E-state index in [1.54, 1.807) is 0 Å². The molecule has 1 aromatic heterocycles. The number of nitrogens with zero attached hydrogens (tertiary/aromatic N) is 1. The first-order valence-corrected chi connectivity index (χ1v) is 8.62. The lowest BCUT2D eigenvalue weighted by Gasteiger charge is -2.21. The molecule has 1 aliphatic rings. The SMILES string of the molecule is Nc1n[nH]c(CCC2CCCCC2)c1-c1ccc(Br)cc1. The van der Waals surface area contributed by atoms with Gasteiger partial charge in [-0.2, -0.15) is 5.10 Å². The second kappa shape index (κ2) is 6.65. The van der Waals surface area contributed by atoms with Gasteiger partial charge in [-0.1, -0.05) is 60.2 Å². The molecule has 0 radical (unpaired) electrons. The summed E-state index contributed by atoms with van der Waals surface area (Å²) in [7, 11) is 0. The molecule has 1 aromatic carbocycles. The molecule has 21 heavy (non-hydrogen) atoms. The first-order valence-electron chi connectivity index (χ1n) is 7.82. The van der Waals surface area contributed by atoms with Crippen molar-refractivity contribution >= 4 is 21.7 Å². The molecule has 3 rings (SSSR count). The van der Waals surface area contributed by atoms with Crippen LogP contribution in [0, 0.1) is 5.92 Å². The average molecular weight is 348 g/mol. The van der Waals surface area contributed by atoms with E-state index in [-0.39, 0.29) is 0 Å². The molecular formula is C17H22BrN3. The predicted molar refractivity (Wildman–Crippen MR) is 91.0 cm³/mol. The van der Waals surface area contributed by atoms with Crippen LogP contribution in [0.2, 0.25) is 0 Å². The van der Waals surface area contributed by atoms with Gasteiger partial charge in [0.25, 0.3) is 0 Å². The lowest BCUT2D eigenvalue weighted by atomic mass is 9.85. The van der Waals surface area contributed by atoms with Crippen LogP contribution in [-0.2, 0) is 6.42 Å². The lowest BCUT2D eigenvalue weighted by Crippen LogP contribution is -2.07. The van der Waals surface area contributed by atoms with Crippen molar-refractivity contribution in [3.63, 3.8) is 0 Å². The summed E-state index contributed by atoms with van der Waals surface area (Å²) in [5.74, 6) is 1.48. The maximum Gasteiger partial charge on any atom is 0.153 e. The van der Waals surface area contributed by atoms with Gasteiger partial charge in [0.2, 0.25) is 0 Å². The Bertz CT molecular complexity index is 583. The summed E-state index contributed by atoms with van der Waals surface area (Å²) in [6.45, 7) is 0. The van der Waals surface area contributed by atoms with E-state index in [9.17, 15) is 0 Å². The number of benzene rings is 1. The molecular weight excluding hydrogens is 326 g/mol. The van der Waals surface area contributed by atoms with Gasteiger partial charge in [-0.05, 0) is 36.5 Å². The minimum Gasteiger partial charge on any atom is -0.382 e. The number of nitrogen functional groups attached to an aromatic ring is 1. The third-order valence-electron chi connectivity index (χ3n) is 4.53. The van der Waals surface area contributed by atoms with E-state index in [2.05, 4.69) is 38.3 Å². The van der Waals surface area contributed by atoms with Crippen molar-refractivity contribution in [1.82, 2.24) is 10.2 Å². The Morgan fingerprint density at radius 1 is 1.14 bits per heavy atom. The van der Waals surface area contributed by atoms with Crippen LogP contribution in [0.3, 0.4) is 0 Å². The molecule has 3 N–H and O–H groups in total. The molecule has 0 spiro atoms. The van der Waals surface area contributed by atoms with Gasteiger partial charge in [-0.25, -0.2) is 0 Å². The minimum absolute atomic E-state index is 0.607. The number of hydrogen-bond donors (Lipinski definition) is 2. The fraction of sp³-hybridized carbons (Fsp3) is 0.471. The first-order chi connectivity index (χ1) is 10.2. The minimum atomic E-state index is 0.607. The van der Waals surface area contributed by atoms with Crippen molar-refractivity contribution in [1.29, 1.82) is 0 Å². The van der Waals surface area contributed by atoms with Crippen LogP contribution in [-0.4, -0.2) is 10.2 Å². The molecule has 0 amide bonds. The highest BCUT2D eigenvalue weighted by Crippen LogP contribution is 2.32. The molecule has 1 saturated carbocycles. The van der Waals surface area contributed by atoms with Gasteiger partial charge in [0.05, 0.1) is 0 Å². The third-order valence-corrected chi connectivity index (χ3v) is 5.06. The summed E-state index contributed by atoms with van der Waals surface area (Å²) in [5, 5.41) is 7.36. The zero-order chi connectivity index (χ0) is 14.7. The summed E-state index contributed by atoms with van der Waals surface area (Å²) >= 11 is 3.47. The summed E-state index contributed by atoms with van der Waals surface area (Å²) in [6.07, 6.45) is 9.27. The van der Waals surface area contributed by atoms with E-state index in [1.807, 2.05) is 12.1 Å². The highest BCUT2D eigenvalue weighted by Gasteiger charge is 2.17. The molecule has 1 aliphatic carbocycles. The maximum absolute atomic E-state index is 6.07. The van der Waals surface area contributed by atoms with Crippen molar-refractivity contribution < 1.29 is 0 Å². The Morgan fingerprint density at radius 2 is 1.86 bits per heavy atom. The monoisotopic (exact) mass is 347 g/mol. The number of nitrogens with one attached hydrogen (secondary N) is 1. The second-order valence-electron chi connectivity index (χ2n) is 6.01. The van der Waals surface area contributed by atoms with Gasteiger partial charge in [0.1, 0.15) is 0 Å². The van der Waals surface area contributed by atoms with Gasteiger partial charge < -0.3 is 5.73 Å². The zero-order valence-electron chi connectivity index (χ0n) is 12.2. The fourth-order valence-electron chi connectivity index (χ4n) is 3.34. The van der Waals surface area contributed by atoms with Gasteiger partial charge in [0, 0.05) is 15.7 Å². The molecule has 4 heteroatoms. The summed E-state index contributed by atoms with van der Waals surface area (Å²) in [4.78, 5) is 0. The number of nitrogens with two attached hydrogens (primary N) is 1. The number of hydrogen-bond acceptors (Lipinski definition) is 2. The Kier molecular flexibility index (Phi) is 4.63. The van der Waals surface area contributed by atoms with E-state index in [4.69, 9.17) is 5.73 Å². The van der Waals surface area contributed by atoms with Crippen molar-refractivity contribution in [2.45, 2.75) is 44.9 Å². The van der Waals surface area contributed by atoms with Crippen LogP contribution in [0.25, 0.3) is 11.1 Å². The fourth-order valence-corrected chi connectivity index (χ4v) is 3.60. The summed E-state index contributed by atoms with van der Waals surface area (Å²) in [6, 6.07) is 8.28. The number of aryl methyl sites for hydroxylation is 1. The molecule has 0 unspecified atom stereocenters. The van der Waals surface area contributed by atoms with Gasteiger partial charge >= 0.3 is 0 Å². The number of aromatic nitrogens is 2. The van der Waals surface area contributed by atoms with Crippen molar-refractivity contribution in [3.8, 4) is 11.1 Å². The molecule has 0 saturated heterocycles. The van der Waals surface area contributed by atoms with Crippen LogP contribution >= 0.6 is 15.9 Å². The molecule has 0 bridgehead atoms. The van der Waals surface area contributed by atoms with Crippen LogP contribution in [0.4, 0.5) is 5.82 Å². The molecule has 112 valence electrons. The van der Waals surface area contributed by atoms with Crippen LogP contribution < -0.4 is 5.73 Å². The average Bonchev–Trinajstić information content (AvgIpc) is 2.88. The summed E-state index contributed by atoms with van der Waals surface area (Å²) in [5.41, 5.74) is 9.47. The predicted octanol–water partition coefficient (Wildman–Crippen LogP) is 4.93. The summed E-state index contributed by atoms with van der Waals surface area (Å²) < 4.78 is 1.08. The lowest BCUT2D eigenvalue weighted by molar-refractivity contribution is 0.338. The normalized spacial score (nSPS) is 16.2. The van der Waals surface area contributed by atoms with E-state index in [1.165, 1.54) is 44.2 Å². The molecule has 2 aromatic rings. The van der Waals surface area contributed by atoms with E-state index in [0.717, 1.165) is 27.9 Å². The Labute approximate surface area is 134 Å². The molecule has 1 heterocycles. The van der Waals surface area contributed by atoms with Crippen LogP contribution in [0.15, 0.2) is 28.7 Å². The van der Waals surface area contributed by atoms with Gasteiger partial charge in [-0.15, -0.1) is 0 Å². The van der Waals surface area contributed by atoms with Crippen LogP contribution in [0.1, 0.15) is 44.2 Å². The third kappa shape index (κ3) is 3.49. The van der Waals surface area contributed by atoms with Gasteiger partial charge in [-0.3, -0.25) is 5.10 Å². The van der Waals surface area contributed by atoms with Crippen molar-refractivity contribution in [3.05, 3.63) is 34.4 Å². The van der Waals surface area contributed by atoms with Crippen LogP contribution in [0.5, 0.6) is 0 Å². The molecule has 0 atom stereocenters. The Balaban J connectivity index is 1.75. The van der Waals surface area contributed by atoms with E-state index in [0.29, 0.717) is 5.82 Å². The van der Waals surface area contributed by atoms with E-state index < -0.39 is 0 Å². The number of H-pyrrole nitrogens is 1. The highest BCUT2D eigenvalue weighted by atomic mass is 79.9. The van der Waals surface area contributed by atoms with Gasteiger partial charge in [0.15, 0.2) is 5.82 Å². The Hall–Kier alpha value is -1.29. The topological polar surface area (TPSA) is 54.7 Å². The highest BCUT2D eigenvalue weighted by molar-refractivity contribution is 9.10. The quantitative estimate of drug-likeness (QED) is 0.823. The first kappa shape index (κ1) is 14.6.